The number of aliphatic hydroxyl groups is 1. The van der Waals surface area contributed by atoms with Gasteiger partial charge in [-0.1, -0.05) is 32.6 Å². The molecule has 134 valence electrons. The molecule has 0 spiro atoms. The first-order chi connectivity index (χ1) is 11.2. The van der Waals surface area contributed by atoms with E-state index >= 15 is 0 Å². The molecule has 1 saturated carbocycles. The minimum absolute atomic E-state index is 0.102. The molecule has 0 aromatic carbocycles. The van der Waals surface area contributed by atoms with Crippen LogP contribution in [0.15, 0.2) is 36.7 Å². The summed E-state index contributed by atoms with van der Waals surface area (Å²) in [4.78, 5) is 16.8. The Morgan fingerprint density at radius 2 is 2.00 bits per heavy atom. The van der Waals surface area contributed by atoms with Gasteiger partial charge in [-0.25, -0.2) is 4.39 Å². The summed E-state index contributed by atoms with van der Waals surface area (Å²) in [7, 11) is 4.13. The number of piperidine rings is 1. The van der Waals surface area contributed by atoms with Crippen LogP contribution in [0.2, 0.25) is 0 Å². The molecular weight excluding hydrogens is 307 g/mol. The lowest BCUT2D eigenvalue weighted by Gasteiger charge is -2.35. The molecule has 0 radical (unpaired) electrons. The topological polar surface area (TPSA) is 43.8 Å². The smallest absolute Gasteiger partial charge is 0.255 e. The predicted molar refractivity (Wildman–Crippen MR) is 94.0 cm³/mol. The fourth-order valence-corrected chi connectivity index (χ4v) is 3.79. The molecule has 4 nitrogen and oxygen atoms in total. The van der Waals surface area contributed by atoms with Crippen molar-refractivity contribution in [1.82, 2.24) is 9.80 Å². The second-order valence-electron chi connectivity index (χ2n) is 7.46. The van der Waals surface area contributed by atoms with Gasteiger partial charge in [0.25, 0.3) is 5.91 Å². The molecule has 1 heterocycles. The van der Waals surface area contributed by atoms with Gasteiger partial charge in [-0.15, -0.1) is 0 Å². The third kappa shape index (κ3) is 3.62. The van der Waals surface area contributed by atoms with Crippen molar-refractivity contribution in [3.05, 3.63) is 36.7 Å². The summed E-state index contributed by atoms with van der Waals surface area (Å²) >= 11 is 0. The molecule has 0 aromatic heterocycles. The van der Waals surface area contributed by atoms with E-state index in [2.05, 4.69) is 25.6 Å². The van der Waals surface area contributed by atoms with Crippen molar-refractivity contribution in [2.24, 2.45) is 17.8 Å². The standard InChI is InChI=1S/C19H29FN2O2/c1-6-8-14(20)9-7-10-19(24,13(2)3)18(23)22-11-15-16(12-22)17(15)21(4)5/h6-9,13,15-17,24H,1,10-12H2,2-5H3/b9-7-,14-8+. The van der Waals surface area contributed by atoms with Gasteiger partial charge in [0.15, 0.2) is 0 Å². The molecule has 2 fully saturated rings. The van der Waals surface area contributed by atoms with Crippen LogP contribution >= 0.6 is 0 Å². The monoisotopic (exact) mass is 336 g/mol. The van der Waals surface area contributed by atoms with E-state index in [0.717, 1.165) is 0 Å². The summed E-state index contributed by atoms with van der Waals surface area (Å²) in [6, 6.07) is 0.555. The molecule has 1 aliphatic heterocycles. The summed E-state index contributed by atoms with van der Waals surface area (Å²) in [6.07, 6.45) is 5.49. The van der Waals surface area contributed by atoms with Crippen molar-refractivity contribution in [2.45, 2.75) is 31.9 Å². The van der Waals surface area contributed by atoms with Gasteiger partial charge in [-0.3, -0.25) is 4.79 Å². The van der Waals surface area contributed by atoms with Gasteiger partial charge < -0.3 is 14.9 Å². The first kappa shape index (κ1) is 18.9. The molecule has 2 rings (SSSR count). The van der Waals surface area contributed by atoms with E-state index in [4.69, 9.17) is 0 Å². The number of halogens is 1. The second kappa shape index (κ2) is 7.19. The highest BCUT2D eigenvalue weighted by atomic mass is 19.1. The molecule has 1 aliphatic carbocycles. The van der Waals surface area contributed by atoms with Crippen molar-refractivity contribution in [2.75, 3.05) is 27.2 Å². The molecule has 3 atom stereocenters. The van der Waals surface area contributed by atoms with Crippen LogP contribution in [0.1, 0.15) is 20.3 Å². The molecular formula is C19H29FN2O2. The SMILES string of the molecule is C=C/C=C(F)\C=C/CC(O)(C(=O)N1CC2C(C1)C2N(C)C)C(C)C. The Morgan fingerprint density at radius 1 is 1.42 bits per heavy atom. The van der Waals surface area contributed by atoms with Crippen molar-refractivity contribution in [3.63, 3.8) is 0 Å². The van der Waals surface area contributed by atoms with Crippen molar-refractivity contribution < 1.29 is 14.3 Å². The normalized spacial score (nSPS) is 29.2. The van der Waals surface area contributed by atoms with Gasteiger partial charge in [-0.2, -0.15) is 0 Å². The van der Waals surface area contributed by atoms with Crippen molar-refractivity contribution in [3.8, 4) is 0 Å². The molecule has 0 bridgehead atoms. The van der Waals surface area contributed by atoms with Gasteiger partial charge >= 0.3 is 0 Å². The zero-order valence-corrected chi connectivity index (χ0v) is 15.1. The summed E-state index contributed by atoms with van der Waals surface area (Å²) in [5, 5.41) is 10.9. The van der Waals surface area contributed by atoms with Gasteiger partial charge in [0.1, 0.15) is 11.4 Å². The molecule has 1 N–H and O–H groups in total. The van der Waals surface area contributed by atoms with Crippen LogP contribution in [0.3, 0.4) is 0 Å². The van der Waals surface area contributed by atoms with E-state index in [1.54, 1.807) is 4.90 Å². The molecule has 3 unspecified atom stereocenters. The second-order valence-corrected chi connectivity index (χ2v) is 7.46. The number of hydrogen-bond acceptors (Lipinski definition) is 3. The highest BCUT2D eigenvalue weighted by Gasteiger charge is 2.59. The summed E-state index contributed by atoms with van der Waals surface area (Å²) in [5.74, 6) is 0.107. The first-order valence-electron chi connectivity index (χ1n) is 8.55. The fraction of sp³-hybridized carbons (Fsp3) is 0.632. The van der Waals surface area contributed by atoms with Crippen LogP contribution in [0, 0.1) is 17.8 Å². The van der Waals surface area contributed by atoms with Gasteiger partial charge in [0.2, 0.25) is 0 Å². The average Bonchev–Trinajstić information content (AvgIpc) is 3.02. The van der Waals surface area contributed by atoms with Crippen LogP contribution in [0.5, 0.6) is 0 Å². The summed E-state index contributed by atoms with van der Waals surface area (Å²) < 4.78 is 13.4. The summed E-state index contributed by atoms with van der Waals surface area (Å²) in [6.45, 7) is 8.48. The number of rotatable bonds is 7. The number of carbonyl (C=O) groups excluding carboxylic acids is 1. The Kier molecular flexibility index (Phi) is 5.66. The quantitative estimate of drug-likeness (QED) is 0.726. The van der Waals surface area contributed by atoms with Crippen LogP contribution < -0.4 is 0 Å². The minimum Gasteiger partial charge on any atom is -0.379 e. The lowest BCUT2D eigenvalue weighted by Crippen LogP contribution is -2.52. The number of amides is 1. The molecule has 24 heavy (non-hydrogen) atoms. The zero-order valence-electron chi connectivity index (χ0n) is 15.1. The predicted octanol–water partition coefficient (Wildman–Crippen LogP) is 2.38. The van der Waals surface area contributed by atoms with Gasteiger partial charge in [0, 0.05) is 25.6 Å². The highest BCUT2D eigenvalue weighted by molar-refractivity contribution is 5.86. The Balaban J connectivity index is 2.01. The average molecular weight is 336 g/mol. The van der Waals surface area contributed by atoms with E-state index in [-0.39, 0.29) is 18.2 Å². The Hall–Kier alpha value is -1.46. The molecule has 5 heteroatoms. The van der Waals surface area contributed by atoms with E-state index in [0.29, 0.717) is 31.0 Å². The number of nitrogens with zero attached hydrogens (tertiary/aromatic N) is 2. The number of hydrogen-bond donors (Lipinski definition) is 1. The van der Waals surface area contributed by atoms with E-state index < -0.39 is 11.4 Å². The minimum atomic E-state index is -1.49. The molecule has 1 amide bonds. The number of likely N-dealkylation sites (tertiary alicyclic amines) is 1. The molecule has 0 aromatic rings. The maximum atomic E-state index is 13.4. The number of carbonyl (C=O) groups is 1. The largest absolute Gasteiger partial charge is 0.379 e. The Bertz CT molecular complexity index is 544. The maximum absolute atomic E-state index is 13.4. The third-order valence-electron chi connectivity index (χ3n) is 5.34. The molecule has 1 saturated heterocycles. The van der Waals surface area contributed by atoms with E-state index in [9.17, 15) is 14.3 Å². The third-order valence-corrected chi connectivity index (χ3v) is 5.34. The zero-order chi connectivity index (χ0) is 18.1. The van der Waals surface area contributed by atoms with Crippen LogP contribution in [-0.2, 0) is 4.79 Å². The Morgan fingerprint density at radius 3 is 2.46 bits per heavy atom. The lowest BCUT2D eigenvalue weighted by atomic mass is 9.85. The van der Waals surface area contributed by atoms with Crippen LogP contribution in [0.4, 0.5) is 4.39 Å². The number of fused-ring (bicyclic) bond motifs is 1. The van der Waals surface area contributed by atoms with Crippen molar-refractivity contribution >= 4 is 5.91 Å². The van der Waals surface area contributed by atoms with Crippen LogP contribution in [0.25, 0.3) is 0 Å². The number of allylic oxidation sites excluding steroid dienone is 4. The molecule has 2 aliphatic rings. The van der Waals surface area contributed by atoms with Gasteiger partial charge in [0.05, 0.1) is 0 Å². The summed E-state index contributed by atoms with van der Waals surface area (Å²) in [5.41, 5.74) is -1.49. The van der Waals surface area contributed by atoms with E-state index in [1.165, 1.54) is 24.3 Å². The van der Waals surface area contributed by atoms with E-state index in [1.807, 2.05) is 13.8 Å². The Labute approximate surface area is 144 Å². The van der Waals surface area contributed by atoms with Crippen molar-refractivity contribution in [1.29, 1.82) is 0 Å². The maximum Gasteiger partial charge on any atom is 0.255 e. The lowest BCUT2D eigenvalue weighted by molar-refractivity contribution is -0.155. The first-order valence-corrected chi connectivity index (χ1v) is 8.55. The van der Waals surface area contributed by atoms with Crippen LogP contribution in [-0.4, -0.2) is 59.6 Å². The fourth-order valence-electron chi connectivity index (χ4n) is 3.79. The van der Waals surface area contributed by atoms with Gasteiger partial charge in [-0.05, 0) is 44.0 Å². The highest BCUT2D eigenvalue weighted by Crippen LogP contribution is 2.48.